The van der Waals surface area contributed by atoms with Crippen LogP contribution >= 0.6 is 11.3 Å². The van der Waals surface area contributed by atoms with E-state index in [2.05, 4.69) is 20.8 Å². The van der Waals surface area contributed by atoms with Crippen molar-refractivity contribution in [3.8, 4) is 11.4 Å². The van der Waals surface area contributed by atoms with Gasteiger partial charge >= 0.3 is 6.03 Å². The molecule has 1 saturated heterocycles. The van der Waals surface area contributed by atoms with E-state index in [0.29, 0.717) is 30.4 Å². The number of halogens is 1. The van der Waals surface area contributed by atoms with Crippen LogP contribution in [0.3, 0.4) is 0 Å². The molecule has 0 radical (unpaired) electrons. The molecule has 3 aromatic rings. The molecule has 8 nitrogen and oxygen atoms in total. The Morgan fingerprint density at radius 2 is 2.09 bits per heavy atom. The highest BCUT2D eigenvalue weighted by atomic mass is 32.1. The van der Waals surface area contributed by atoms with Gasteiger partial charge in [-0.2, -0.15) is 4.98 Å². The second kappa shape index (κ2) is 10.5. The lowest BCUT2D eigenvalue weighted by molar-refractivity contribution is -0.121. The molecular weight excluding hydrogens is 433 g/mol. The molecule has 0 aliphatic carbocycles. The van der Waals surface area contributed by atoms with Crippen LogP contribution in [0.1, 0.15) is 29.5 Å². The second-order valence-corrected chi connectivity index (χ2v) is 8.70. The van der Waals surface area contributed by atoms with E-state index in [-0.39, 0.29) is 24.2 Å². The maximum absolute atomic E-state index is 13.1. The SMILES string of the molecule is O=C(CN1CCCC(c2nc(-c3ccc(F)cc3)no2)C1)NC(=O)NCCc1cccs1. The van der Waals surface area contributed by atoms with Crippen molar-refractivity contribution in [3.05, 3.63) is 58.4 Å². The fourth-order valence-electron chi connectivity index (χ4n) is 3.69. The third-order valence-electron chi connectivity index (χ3n) is 5.26. The van der Waals surface area contributed by atoms with Crippen LogP contribution in [0.15, 0.2) is 46.3 Å². The Balaban J connectivity index is 1.24. The maximum Gasteiger partial charge on any atom is 0.321 e. The number of amides is 3. The molecule has 1 aliphatic heterocycles. The summed E-state index contributed by atoms with van der Waals surface area (Å²) in [6.45, 7) is 1.92. The number of thiophene rings is 1. The largest absolute Gasteiger partial charge is 0.339 e. The van der Waals surface area contributed by atoms with Crippen LogP contribution in [0.25, 0.3) is 11.4 Å². The molecule has 1 fully saturated rings. The number of hydrogen-bond donors (Lipinski definition) is 2. The lowest BCUT2D eigenvalue weighted by atomic mass is 9.98. The zero-order valence-corrected chi connectivity index (χ0v) is 18.2. The van der Waals surface area contributed by atoms with Gasteiger partial charge in [-0.25, -0.2) is 9.18 Å². The summed E-state index contributed by atoms with van der Waals surface area (Å²) in [7, 11) is 0. The number of piperidine rings is 1. The van der Waals surface area contributed by atoms with Crippen molar-refractivity contribution in [3.63, 3.8) is 0 Å². The summed E-state index contributed by atoms with van der Waals surface area (Å²) in [6, 6.07) is 9.40. The Labute approximate surface area is 188 Å². The lowest BCUT2D eigenvalue weighted by Gasteiger charge is -2.30. The van der Waals surface area contributed by atoms with Crippen LogP contribution in [0.5, 0.6) is 0 Å². The van der Waals surface area contributed by atoms with Crippen LogP contribution < -0.4 is 10.6 Å². The Bertz CT molecular complexity index is 1040. The maximum atomic E-state index is 13.1. The predicted molar refractivity (Wildman–Crippen MR) is 118 cm³/mol. The normalized spacial score (nSPS) is 16.6. The number of nitrogens with zero attached hydrogens (tertiary/aromatic N) is 3. The van der Waals surface area contributed by atoms with E-state index in [4.69, 9.17) is 4.52 Å². The van der Waals surface area contributed by atoms with Crippen LogP contribution in [0.4, 0.5) is 9.18 Å². The monoisotopic (exact) mass is 457 g/mol. The minimum absolute atomic E-state index is 0.00197. The van der Waals surface area contributed by atoms with Crippen LogP contribution in [0, 0.1) is 5.82 Å². The average molecular weight is 458 g/mol. The molecule has 168 valence electrons. The van der Waals surface area contributed by atoms with Gasteiger partial charge in [-0.3, -0.25) is 15.0 Å². The summed E-state index contributed by atoms with van der Waals surface area (Å²) in [4.78, 5) is 31.8. The molecule has 3 amide bonds. The number of likely N-dealkylation sites (tertiary alicyclic amines) is 1. The number of benzene rings is 1. The molecule has 3 heterocycles. The summed E-state index contributed by atoms with van der Waals surface area (Å²) in [5, 5.41) is 11.1. The second-order valence-electron chi connectivity index (χ2n) is 7.67. The van der Waals surface area contributed by atoms with Crippen molar-refractivity contribution in [2.45, 2.75) is 25.2 Å². The van der Waals surface area contributed by atoms with Crippen molar-refractivity contribution in [1.29, 1.82) is 0 Å². The molecule has 2 N–H and O–H groups in total. The molecule has 1 unspecified atom stereocenters. The summed E-state index contributed by atoms with van der Waals surface area (Å²) in [5.41, 5.74) is 0.679. The van der Waals surface area contributed by atoms with Crippen molar-refractivity contribution in [2.24, 2.45) is 0 Å². The third kappa shape index (κ3) is 5.98. The first-order valence-electron chi connectivity index (χ1n) is 10.5. The molecule has 2 aromatic heterocycles. The van der Waals surface area contributed by atoms with Crippen molar-refractivity contribution in [2.75, 3.05) is 26.2 Å². The summed E-state index contributed by atoms with van der Waals surface area (Å²) >= 11 is 1.63. The number of hydrogen-bond acceptors (Lipinski definition) is 7. The summed E-state index contributed by atoms with van der Waals surface area (Å²) < 4.78 is 18.6. The first kappa shape index (κ1) is 22.1. The van der Waals surface area contributed by atoms with E-state index in [9.17, 15) is 14.0 Å². The Morgan fingerprint density at radius 1 is 1.25 bits per heavy atom. The van der Waals surface area contributed by atoms with Crippen LogP contribution in [0.2, 0.25) is 0 Å². The molecule has 4 rings (SSSR count). The molecule has 0 spiro atoms. The molecule has 1 aromatic carbocycles. The topological polar surface area (TPSA) is 100 Å². The van der Waals surface area contributed by atoms with Crippen molar-refractivity contribution < 1.29 is 18.5 Å². The predicted octanol–water partition coefficient (Wildman–Crippen LogP) is 3.19. The van der Waals surface area contributed by atoms with E-state index >= 15 is 0 Å². The standard InChI is InChI=1S/C22H24FN5O3S/c23-17-7-5-15(6-8-17)20-26-21(31-27-20)16-3-1-11-28(13-16)14-19(29)25-22(30)24-10-9-18-4-2-12-32-18/h2,4-8,12,16H,1,3,9-11,13-14H2,(H2,24,25,29,30). The first-order valence-corrected chi connectivity index (χ1v) is 11.4. The number of aromatic nitrogens is 2. The molecule has 0 bridgehead atoms. The Morgan fingerprint density at radius 3 is 2.88 bits per heavy atom. The first-order chi connectivity index (χ1) is 15.6. The van der Waals surface area contributed by atoms with Gasteiger partial charge in [0.25, 0.3) is 0 Å². The molecule has 1 aliphatic rings. The van der Waals surface area contributed by atoms with Gasteiger partial charge in [0.15, 0.2) is 0 Å². The number of carbonyl (C=O) groups excluding carboxylic acids is 2. The Hall–Kier alpha value is -3.11. The molecule has 1 atom stereocenters. The zero-order valence-electron chi connectivity index (χ0n) is 17.4. The van der Waals surface area contributed by atoms with Gasteiger partial charge in [0, 0.05) is 23.5 Å². The van der Waals surface area contributed by atoms with Gasteiger partial charge in [-0.15, -0.1) is 11.3 Å². The van der Waals surface area contributed by atoms with Gasteiger partial charge < -0.3 is 9.84 Å². The number of carbonyl (C=O) groups is 2. The van der Waals surface area contributed by atoms with Crippen LogP contribution in [-0.4, -0.2) is 53.2 Å². The van der Waals surface area contributed by atoms with E-state index in [1.807, 2.05) is 22.4 Å². The minimum atomic E-state index is -0.485. The molecule has 32 heavy (non-hydrogen) atoms. The molecule has 10 heteroatoms. The van der Waals surface area contributed by atoms with Gasteiger partial charge in [-0.05, 0) is 61.5 Å². The van der Waals surface area contributed by atoms with Crippen LogP contribution in [-0.2, 0) is 11.2 Å². The highest BCUT2D eigenvalue weighted by molar-refractivity contribution is 7.09. The highest BCUT2D eigenvalue weighted by Gasteiger charge is 2.27. The fourth-order valence-corrected chi connectivity index (χ4v) is 4.39. The van der Waals surface area contributed by atoms with Gasteiger partial charge in [-0.1, -0.05) is 11.2 Å². The molecule has 0 saturated carbocycles. The highest BCUT2D eigenvalue weighted by Crippen LogP contribution is 2.27. The average Bonchev–Trinajstić information content (AvgIpc) is 3.47. The quantitative estimate of drug-likeness (QED) is 0.565. The van der Waals surface area contributed by atoms with E-state index in [0.717, 1.165) is 25.8 Å². The number of rotatable bonds is 7. The number of nitrogens with one attached hydrogen (secondary N) is 2. The molecular formula is C22H24FN5O3S. The minimum Gasteiger partial charge on any atom is -0.339 e. The van der Waals surface area contributed by atoms with E-state index in [1.165, 1.54) is 17.0 Å². The smallest absolute Gasteiger partial charge is 0.321 e. The van der Waals surface area contributed by atoms with Gasteiger partial charge in [0.1, 0.15) is 5.82 Å². The van der Waals surface area contributed by atoms with Crippen molar-refractivity contribution >= 4 is 23.3 Å². The summed E-state index contributed by atoms with van der Waals surface area (Å²) in [5.74, 6) is 0.236. The zero-order chi connectivity index (χ0) is 22.3. The van der Waals surface area contributed by atoms with Crippen molar-refractivity contribution in [1.82, 2.24) is 25.7 Å². The van der Waals surface area contributed by atoms with Gasteiger partial charge in [0.05, 0.1) is 12.5 Å². The third-order valence-corrected chi connectivity index (χ3v) is 6.19. The number of imide groups is 1. The van der Waals surface area contributed by atoms with E-state index < -0.39 is 6.03 Å². The Kier molecular flexibility index (Phi) is 7.23. The fraction of sp³-hybridized carbons (Fsp3) is 0.364. The lowest BCUT2D eigenvalue weighted by Crippen LogP contribution is -2.46. The van der Waals surface area contributed by atoms with Gasteiger partial charge in [0.2, 0.25) is 17.6 Å². The van der Waals surface area contributed by atoms with E-state index in [1.54, 1.807) is 23.5 Å². The summed E-state index contributed by atoms with van der Waals surface area (Å²) in [6.07, 6.45) is 2.47. The number of urea groups is 1.